The highest BCUT2D eigenvalue weighted by atomic mass is 19.4. The Morgan fingerprint density at radius 1 is 0.944 bits per heavy atom. The van der Waals surface area contributed by atoms with Crippen LogP contribution in [0, 0.1) is 5.92 Å². The molecule has 0 aromatic heterocycles. The van der Waals surface area contributed by atoms with Crippen LogP contribution in [-0.2, 0) is 20.4 Å². The molecule has 4 fully saturated rings. The molecule has 7 nitrogen and oxygen atoms in total. The highest BCUT2D eigenvalue weighted by molar-refractivity contribution is 5.79. The van der Waals surface area contributed by atoms with Crippen molar-refractivity contribution in [2.75, 3.05) is 39.4 Å². The summed E-state index contributed by atoms with van der Waals surface area (Å²) in [5.74, 6) is -0.727. The summed E-state index contributed by atoms with van der Waals surface area (Å²) in [5.41, 5.74) is 0.0469. The van der Waals surface area contributed by atoms with Crippen molar-refractivity contribution in [1.82, 2.24) is 15.1 Å². The summed E-state index contributed by atoms with van der Waals surface area (Å²) in [7, 11) is 0. The smallest absolute Gasteiger partial charge is 0.351 e. The molecule has 0 bridgehead atoms. The second-order valence-corrected chi connectivity index (χ2v) is 10.5. The Kier molecular flexibility index (Phi) is 7.18. The van der Waals surface area contributed by atoms with Crippen LogP contribution in [0.5, 0.6) is 0 Å². The number of rotatable bonds is 3. The minimum absolute atomic E-state index is 0.00490. The highest BCUT2D eigenvalue weighted by Gasteiger charge is 2.43. The first-order valence-corrected chi connectivity index (χ1v) is 13.0. The van der Waals surface area contributed by atoms with Gasteiger partial charge in [-0.2, -0.15) is 13.2 Å². The van der Waals surface area contributed by atoms with Crippen molar-refractivity contribution in [3.05, 3.63) is 35.4 Å². The van der Waals surface area contributed by atoms with Crippen molar-refractivity contribution in [1.29, 1.82) is 0 Å². The van der Waals surface area contributed by atoms with Gasteiger partial charge in [-0.05, 0) is 37.0 Å². The van der Waals surface area contributed by atoms with Gasteiger partial charge in [0.25, 0.3) is 0 Å². The third kappa shape index (κ3) is 5.49. The summed E-state index contributed by atoms with van der Waals surface area (Å²) in [6.45, 7) is 2.95. The molecule has 0 radical (unpaired) electrons. The quantitative estimate of drug-likeness (QED) is 0.665. The second kappa shape index (κ2) is 10.2. The fourth-order valence-electron chi connectivity index (χ4n) is 6.08. The molecule has 1 aromatic carbocycles. The van der Waals surface area contributed by atoms with E-state index in [-0.39, 0.29) is 29.8 Å². The van der Waals surface area contributed by atoms with Crippen molar-refractivity contribution in [2.45, 2.75) is 68.9 Å². The molecule has 2 atom stereocenters. The molecular weight excluding hydrogens is 475 g/mol. The van der Waals surface area contributed by atoms with E-state index in [1.54, 1.807) is 9.80 Å². The molecule has 36 heavy (non-hydrogen) atoms. The Morgan fingerprint density at radius 3 is 2.19 bits per heavy atom. The number of nitrogens with zero attached hydrogens (tertiary/aromatic N) is 2. The van der Waals surface area contributed by atoms with Gasteiger partial charge < -0.3 is 24.6 Å². The van der Waals surface area contributed by atoms with Crippen LogP contribution in [0.15, 0.2) is 24.3 Å². The summed E-state index contributed by atoms with van der Waals surface area (Å²) in [4.78, 5) is 29.9. The molecule has 3 heterocycles. The first-order chi connectivity index (χ1) is 17.2. The van der Waals surface area contributed by atoms with Gasteiger partial charge in [-0.15, -0.1) is 0 Å². The van der Waals surface area contributed by atoms with Crippen LogP contribution in [0.3, 0.4) is 0 Å². The number of amides is 3. The van der Waals surface area contributed by atoms with Crippen LogP contribution in [-0.4, -0.2) is 73.0 Å². The monoisotopic (exact) mass is 509 g/mol. The summed E-state index contributed by atoms with van der Waals surface area (Å²) < 4.78 is 50.8. The standard InChI is InChI=1S/C26H34F3N3O4/c27-26(28,29)21-7-5-18(6-8-21)20-15-22(30-23(33)19-3-1-2-4-19)17-32(16-20)24(34)31-11-9-25(10-12-31)35-13-14-36-25/h5-8,19-20,22H,1-4,9-17H2,(H,30,33). The number of carbonyl (C=O) groups excluding carboxylic acids is 2. The Bertz CT molecular complexity index is 933. The van der Waals surface area contributed by atoms with Crippen molar-refractivity contribution in [3.8, 4) is 0 Å². The van der Waals surface area contributed by atoms with Gasteiger partial charge in [-0.1, -0.05) is 25.0 Å². The average Bonchev–Trinajstić information content (AvgIpc) is 3.57. The number of ether oxygens (including phenoxy) is 2. The number of likely N-dealkylation sites (tertiary alicyclic amines) is 2. The second-order valence-electron chi connectivity index (χ2n) is 10.5. The lowest BCUT2D eigenvalue weighted by Gasteiger charge is -2.43. The SMILES string of the molecule is O=C(NC1CC(c2ccc(C(F)(F)F)cc2)CN(C(=O)N2CCC3(CC2)OCCO3)C1)C1CCCC1. The van der Waals surface area contributed by atoms with Gasteiger partial charge >= 0.3 is 12.2 Å². The minimum atomic E-state index is -4.40. The van der Waals surface area contributed by atoms with E-state index in [1.165, 1.54) is 12.1 Å². The molecule has 3 saturated heterocycles. The average molecular weight is 510 g/mol. The Hall–Kier alpha value is -2.33. The van der Waals surface area contributed by atoms with Crippen LogP contribution in [0.4, 0.5) is 18.0 Å². The number of nitrogens with one attached hydrogen (secondary N) is 1. The lowest BCUT2D eigenvalue weighted by Crippen LogP contribution is -2.57. The van der Waals surface area contributed by atoms with Crippen LogP contribution < -0.4 is 5.32 Å². The molecular formula is C26H34F3N3O4. The number of hydrogen-bond acceptors (Lipinski definition) is 4. The minimum Gasteiger partial charge on any atom is -0.351 e. The largest absolute Gasteiger partial charge is 0.416 e. The number of alkyl halides is 3. The molecule has 4 aliphatic rings. The van der Waals surface area contributed by atoms with Gasteiger partial charge in [0.2, 0.25) is 5.91 Å². The molecule has 1 spiro atoms. The van der Waals surface area contributed by atoms with Crippen molar-refractivity contribution in [3.63, 3.8) is 0 Å². The molecule has 198 valence electrons. The van der Waals surface area contributed by atoms with E-state index in [2.05, 4.69) is 5.32 Å². The lowest BCUT2D eigenvalue weighted by atomic mass is 9.87. The van der Waals surface area contributed by atoms with E-state index in [0.29, 0.717) is 58.7 Å². The van der Waals surface area contributed by atoms with Crippen molar-refractivity contribution < 1.29 is 32.2 Å². The lowest BCUT2D eigenvalue weighted by molar-refractivity contribution is -0.182. The van der Waals surface area contributed by atoms with E-state index >= 15 is 0 Å². The maximum Gasteiger partial charge on any atom is 0.416 e. The fraction of sp³-hybridized carbons (Fsp3) is 0.692. The van der Waals surface area contributed by atoms with Gasteiger partial charge in [0, 0.05) is 56.9 Å². The van der Waals surface area contributed by atoms with Crippen molar-refractivity contribution >= 4 is 11.9 Å². The summed E-state index contributed by atoms with van der Waals surface area (Å²) >= 11 is 0. The van der Waals surface area contributed by atoms with E-state index in [1.807, 2.05) is 0 Å². The zero-order chi connectivity index (χ0) is 25.3. The highest BCUT2D eigenvalue weighted by Crippen LogP contribution is 2.35. The van der Waals surface area contributed by atoms with Gasteiger partial charge in [0.15, 0.2) is 5.79 Å². The number of hydrogen-bond donors (Lipinski definition) is 1. The molecule has 5 rings (SSSR count). The normalized spacial score (nSPS) is 27.0. The van der Waals surface area contributed by atoms with E-state index < -0.39 is 17.5 Å². The molecule has 1 N–H and O–H groups in total. The van der Waals surface area contributed by atoms with Crippen LogP contribution in [0.2, 0.25) is 0 Å². The number of carbonyl (C=O) groups is 2. The topological polar surface area (TPSA) is 71.1 Å². The number of benzene rings is 1. The summed E-state index contributed by atoms with van der Waals surface area (Å²) in [6, 6.07) is 4.82. The van der Waals surface area contributed by atoms with Gasteiger partial charge in [-0.25, -0.2) is 4.79 Å². The first kappa shape index (κ1) is 25.3. The number of piperidine rings is 2. The molecule has 1 aromatic rings. The number of halogens is 3. The number of urea groups is 1. The van der Waals surface area contributed by atoms with E-state index in [0.717, 1.165) is 43.4 Å². The maximum absolute atomic E-state index is 13.5. The van der Waals surface area contributed by atoms with Gasteiger partial charge in [-0.3, -0.25) is 4.79 Å². The van der Waals surface area contributed by atoms with Crippen LogP contribution in [0.1, 0.15) is 62.0 Å². The Labute approximate surface area is 209 Å². The predicted octanol–water partition coefficient (Wildman–Crippen LogP) is 4.13. The fourth-order valence-corrected chi connectivity index (χ4v) is 6.08. The first-order valence-electron chi connectivity index (χ1n) is 13.0. The molecule has 10 heteroatoms. The Morgan fingerprint density at radius 2 is 1.58 bits per heavy atom. The van der Waals surface area contributed by atoms with Crippen molar-refractivity contribution in [2.24, 2.45) is 5.92 Å². The van der Waals surface area contributed by atoms with Gasteiger partial charge in [0.1, 0.15) is 0 Å². The summed E-state index contributed by atoms with van der Waals surface area (Å²) in [5, 5.41) is 3.15. The zero-order valence-electron chi connectivity index (χ0n) is 20.4. The third-order valence-corrected chi connectivity index (χ3v) is 8.11. The zero-order valence-corrected chi connectivity index (χ0v) is 20.4. The van der Waals surface area contributed by atoms with Crippen LogP contribution >= 0.6 is 0 Å². The molecule has 3 amide bonds. The molecule has 1 aliphatic carbocycles. The van der Waals surface area contributed by atoms with E-state index in [4.69, 9.17) is 9.47 Å². The maximum atomic E-state index is 13.5. The van der Waals surface area contributed by atoms with E-state index in [9.17, 15) is 22.8 Å². The summed E-state index contributed by atoms with van der Waals surface area (Å²) in [6.07, 6.45) is 1.25. The molecule has 3 aliphatic heterocycles. The third-order valence-electron chi connectivity index (χ3n) is 8.11. The van der Waals surface area contributed by atoms with Gasteiger partial charge in [0.05, 0.1) is 18.8 Å². The molecule has 2 unspecified atom stereocenters. The Balaban J connectivity index is 1.29. The molecule has 1 saturated carbocycles. The van der Waals surface area contributed by atoms with Crippen LogP contribution in [0.25, 0.3) is 0 Å². The predicted molar refractivity (Wildman–Crippen MR) is 125 cm³/mol.